The Morgan fingerprint density at radius 2 is 2.17 bits per heavy atom. The van der Waals surface area contributed by atoms with E-state index in [9.17, 15) is 14.3 Å². The third-order valence-electron chi connectivity index (χ3n) is 4.25. The second kappa shape index (κ2) is 6.24. The second-order valence-electron chi connectivity index (χ2n) is 6.39. The van der Waals surface area contributed by atoms with Crippen LogP contribution in [-0.2, 0) is 0 Å². The minimum atomic E-state index is -0.459. The maximum atomic E-state index is 13.6. The standard InChI is InChI=1S/C18H21FN2O2/c1-11(22)7-8-21(2)18(23)15-10-17(12-3-4-12)20-16-6-5-13(19)9-14(15)16/h5-6,9-12,22H,3-4,7-8H2,1-2H3. The van der Waals surface area contributed by atoms with Crippen LogP contribution in [0.1, 0.15) is 48.2 Å². The second-order valence-corrected chi connectivity index (χ2v) is 6.39. The van der Waals surface area contributed by atoms with Crippen LogP contribution in [0.2, 0.25) is 0 Å². The molecule has 1 aromatic carbocycles. The molecular formula is C18H21FN2O2. The quantitative estimate of drug-likeness (QED) is 0.922. The summed E-state index contributed by atoms with van der Waals surface area (Å²) < 4.78 is 13.6. The molecular weight excluding hydrogens is 295 g/mol. The van der Waals surface area contributed by atoms with Crippen molar-refractivity contribution in [3.8, 4) is 0 Å². The summed E-state index contributed by atoms with van der Waals surface area (Å²) in [6.07, 6.45) is 2.23. The Labute approximate surface area is 134 Å². The third-order valence-corrected chi connectivity index (χ3v) is 4.25. The van der Waals surface area contributed by atoms with Crippen molar-refractivity contribution >= 4 is 16.8 Å². The first-order valence-corrected chi connectivity index (χ1v) is 7.99. The summed E-state index contributed by atoms with van der Waals surface area (Å²) in [5.41, 5.74) is 2.06. The molecule has 1 unspecified atom stereocenters. The van der Waals surface area contributed by atoms with Gasteiger partial charge in [0.05, 0.1) is 17.2 Å². The molecule has 1 aliphatic rings. The Balaban J connectivity index is 1.99. The Morgan fingerprint density at radius 1 is 1.43 bits per heavy atom. The molecule has 2 aromatic rings. The number of amides is 1. The van der Waals surface area contributed by atoms with Crippen molar-refractivity contribution in [3.05, 3.63) is 41.3 Å². The highest BCUT2D eigenvalue weighted by molar-refractivity contribution is 6.06. The van der Waals surface area contributed by atoms with Crippen molar-refractivity contribution < 1.29 is 14.3 Å². The van der Waals surface area contributed by atoms with E-state index < -0.39 is 6.10 Å². The molecule has 1 aliphatic carbocycles. The van der Waals surface area contributed by atoms with Crippen molar-refractivity contribution in [2.24, 2.45) is 0 Å². The number of nitrogens with zero attached hydrogens (tertiary/aromatic N) is 2. The number of benzene rings is 1. The predicted molar refractivity (Wildman–Crippen MR) is 86.9 cm³/mol. The molecule has 0 saturated heterocycles. The number of hydrogen-bond acceptors (Lipinski definition) is 3. The number of pyridine rings is 1. The highest BCUT2D eigenvalue weighted by Crippen LogP contribution is 2.40. The monoisotopic (exact) mass is 316 g/mol. The van der Waals surface area contributed by atoms with Crippen LogP contribution in [0.15, 0.2) is 24.3 Å². The van der Waals surface area contributed by atoms with E-state index in [-0.39, 0.29) is 11.7 Å². The molecule has 122 valence electrons. The summed E-state index contributed by atoms with van der Waals surface area (Å²) in [5, 5.41) is 9.93. The number of halogens is 1. The zero-order chi connectivity index (χ0) is 16.6. The zero-order valence-corrected chi connectivity index (χ0v) is 13.4. The highest BCUT2D eigenvalue weighted by atomic mass is 19.1. The summed E-state index contributed by atoms with van der Waals surface area (Å²) in [5.74, 6) is -0.122. The Bertz CT molecular complexity index is 741. The number of aliphatic hydroxyl groups excluding tert-OH is 1. The topological polar surface area (TPSA) is 53.4 Å². The van der Waals surface area contributed by atoms with Gasteiger partial charge in [-0.15, -0.1) is 0 Å². The van der Waals surface area contributed by atoms with Gasteiger partial charge < -0.3 is 10.0 Å². The Hall–Kier alpha value is -2.01. The van der Waals surface area contributed by atoms with Crippen LogP contribution in [0.25, 0.3) is 10.9 Å². The number of carbonyl (C=O) groups excluding carboxylic acids is 1. The minimum Gasteiger partial charge on any atom is -0.393 e. The van der Waals surface area contributed by atoms with E-state index in [1.54, 1.807) is 31.0 Å². The van der Waals surface area contributed by atoms with Gasteiger partial charge in [-0.25, -0.2) is 4.39 Å². The van der Waals surface area contributed by atoms with Crippen molar-refractivity contribution in [2.45, 2.75) is 38.2 Å². The summed E-state index contributed by atoms with van der Waals surface area (Å²) in [7, 11) is 1.70. The first kappa shape index (κ1) is 15.9. The zero-order valence-electron chi connectivity index (χ0n) is 13.4. The summed E-state index contributed by atoms with van der Waals surface area (Å²) in [4.78, 5) is 18.9. The van der Waals surface area contributed by atoms with Crippen LogP contribution in [0.4, 0.5) is 4.39 Å². The van der Waals surface area contributed by atoms with Crippen LogP contribution in [0.5, 0.6) is 0 Å². The molecule has 4 nitrogen and oxygen atoms in total. The van der Waals surface area contributed by atoms with Crippen molar-refractivity contribution in [1.29, 1.82) is 0 Å². The van der Waals surface area contributed by atoms with Crippen LogP contribution < -0.4 is 0 Å². The van der Waals surface area contributed by atoms with Gasteiger partial charge in [0.1, 0.15) is 5.82 Å². The van der Waals surface area contributed by atoms with E-state index in [0.717, 1.165) is 18.5 Å². The molecule has 1 atom stereocenters. The average molecular weight is 316 g/mol. The van der Waals surface area contributed by atoms with E-state index >= 15 is 0 Å². The fourth-order valence-corrected chi connectivity index (χ4v) is 2.67. The lowest BCUT2D eigenvalue weighted by Crippen LogP contribution is -2.29. The van der Waals surface area contributed by atoms with Crippen molar-refractivity contribution in [2.75, 3.05) is 13.6 Å². The lowest BCUT2D eigenvalue weighted by Gasteiger charge is -2.19. The fraction of sp³-hybridized carbons (Fsp3) is 0.444. The van der Waals surface area contributed by atoms with Gasteiger partial charge in [0.15, 0.2) is 0 Å². The molecule has 1 heterocycles. The minimum absolute atomic E-state index is 0.162. The Kier molecular flexibility index (Phi) is 4.31. The number of aliphatic hydroxyl groups is 1. The molecule has 1 amide bonds. The van der Waals surface area contributed by atoms with E-state index in [4.69, 9.17) is 0 Å². The highest BCUT2D eigenvalue weighted by Gasteiger charge is 2.27. The van der Waals surface area contributed by atoms with Gasteiger partial charge in [0.25, 0.3) is 5.91 Å². The maximum absolute atomic E-state index is 13.6. The largest absolute Gasteiger partial charge is 0.393 e. The molecule has 0 spiro atoms. The number of hydrogen-bond donors (Lipinski definition) is 1. The average Bonchev–Trinajstić information content (AvgIpc) is 3.35. The molecule has 5 heteroatoms. The Morgan fingerprint density at radius 3 is 2.83 bits per heavy atom. The van der Waals surface area contributed by atoms with Crippen LogP contribution in [0, 0.1) is 5.82 Å². The lowest BCUT2D eigenvalue weighted by molar-refractivity contribution is 0.0770. The van der Waals surface area contributed by atoms with E-state index in [0.29, 0.717) is 35.3 Å². The van der Waals surface area contributed by atoms with Crippen LogP contribution in [-0.4, -0.2) is 40.6 Å². The first-order chi connectivity index (χ1) is 11.0. The number of rotatable bonds is 5. The maximum Gasteiger partial charge on any atom is 0.254 e. The molecule has 3 rings (SSSR count). The molecule has 1 fully saturated rings. The third kappa shape index (κ3) is 3.50. The van der Waals surface area contributed by atoms with Gasteiger partial charge in [-0.1, -0.05) is 0 Å². The van der Waals surface area contributed by atoms with Crippen molar-refractivity contribution in [3.63, 3.8) is 0 Å². The van der Waals surface area contributed by atoms with Gasteiger partial charge in [-0.3, -0.25) is 9.78 Å². The molecule has 0 aliphatic heterocycles. The van der Waals surface area contributed by atoms with Crippen LogP contribution >= 0.6 is 0 Å². The first-order valence-electron chi connectivity index (χ1n) is 7.99. The fourth-order valence-electron chi connectivity index (χ4n) is 2.67. The SMILES string of the molecule is CC(O)CCN(C)C(=O)c1cc(C2CC2)nc2ccc(F)cc12. The van der Waals surface area contributed by atoms with E-state index in [1.165, 1.54) is 12.1 Å². The van der Waals surface area contributed by atoms with Gasteiger partial charge in [-0.2, -0.15) is 0 Å². The number of fused-ring (bicyclic) bond motifs is 1. The molecule has 1 N–H and O–H groups in total. The number of aromatic nitrogens is 1. The summed E-state index contributed by atoms with van der Waals surface area (Å²) >= 11 is 0. The summed E-state index contributed by atoms with van der Waals surface area (Å²) in [6.45, 7) is 2.15. The smallest absolute Gasteiger partial charge is 0.254 e. The molecule has 1 saturated carbocycles. The van der Waals surface area contributed by atoms with Gasteiger partial charge >= 0.3 is 0 Å². The van der Waals surface area contributed by atoms with Gasteiger partial charge in [-0.05, 0) is 50.5 Å². The van der Waals surface area contributed by atoms with E-state index in [1.807, 2.05) is 0 Å². The lowest BCUT2D eigenvalue weighted by atomic mass is 10.0. The predicted octanol–water partition coefficient (Wildman–Crippen LogP) is 3.09. The number of carbonyl (C=O) groups is 1. The van der Waals surface area contributed by atoms with E-state index in [2.05, 4.69) is 4.98 Å². The molecule has 0 bridgehead atoms. The van der Waals surface area contributed by atoms with Gasteiger partial charge in [0, 0.05) is 30.6 Å². The summed E-state index contributed by atoms with van der Waals surface area (Å²) in [6, 6.07) is 6.18. The normalized spacial score (nSPS) is 15.7. The van der Waals surface area contributed by atoms with Gasteiger partial charge in [0.2, 0.25) is 0 Å². The van der Waals surface area contributed by atoms with Crippen LogP contribution in [0.3, 0.4) is 0 Å². The molecule has 23 heavy (non-hydrogen) atoms. The molecule has 0 radical (unpaired) electrons. The molecule has 1 aromatic heterocycles. The van der Waals surface area contributed by atoms with Crippen molar-refractivity contribution in [1.82, 2.24) is 9.88 Å².